The van der Waals surface area contributed by atoms with Crippen LogP contribution in [0, 0.1) is 5.92 Å². The van der Waals surface area contributed by atoms with Gasteiger partial charge in [-0.1, -0.05) is 13.8 Å². The lowest BCUT2D eigenvalue weighted by Gasteiger charge is -2.61. The molecular weight excluding hydrogens is 266 g/mol. The van der Waals surface area contributed by atoms with Crippen LogP contribution in [0.4, 0.5) is 0 Å². The van der Waals surface area contributed by atoms with E-state index in [0.717, 1.165) is 52.1 Å². The first-order chi connectivity index (χ1) is 10.0. The molecule has 3 heterocycles. The van der Waals surface area contributed by atoms with Gasteiger partial charge in [-0.2, -0.15) is 0 Å². The van der Waals surface area contributed by atoms with Gasteiger partial charge in [-0.25, -0.2) is 0 Å². The second kappa shape index (κ2) is 6.13. The van der Waals surface area contributed by atoms with Crippen LogP contribution in [-0.2, 0) is 0 Å². The van der Waals surface area contributed by atoms with Crippen molar-refractivity contribution in [3.05, 3.63) is 0 Å². The van der Waals surface area contributed by atoms with Crippen molar-refractivity contribution < 1.29 is 10.2 Å². The molecule has 1 spiro atoms. The molecule has 0 aromatic heterocycles. The molecule has 3 aliphatic heterocycles. The Bertz CT molecular complexity index is 357. The number of hydrogen-bond acceptors (Lipinski definition) is 5. The molecule has 0 unspecified atom stereocenters. The smallest absolute Gasteiger partial charge is 0.0682 e. The molecule has 0 bridgehead atoms. The van der Waals surface area contributed by atoms with E-state index in [4.69, 9.17) is 5.11 Å². The van der Waals surface area contributed by atoms with Gasteiger partial charge >= 0.3 is 0 Å². The molecule has 5 nitrogen and oxygen atoms in total. The van der Waals surface area contributed by atoms with Crippen molar-refractivity contribution >= 4 is 0 Å². The number of hydrogen-bond donors (Lipinski definition) is 2. The van der Waals surface area contributed by atoms with Crippen molar-refractivity contribution in [3.63, 3.8) is 0 Å². The van der Waals surface area contributed by atoms with E-state index < -0.39 is 0 Å². The molecule has 0 amide bonds. The molecule has 21 heavy (non-hydrogen) atoms. The zero-order valence-electron chi connectivity index (χ0n) is 13.5. The zero-order chi connectivity index (χ0) is 15.0. The van der Waals surface area contributed by atoms with Gasteiger partial charge in [-0.15, -0.1) is 0 Å². The normalized spacial score (nSPS) is 33.6. The number of aliphatic hydroxyl groups is 2. The van der Waals surface area contributed by atoms with E-state index >= 15 is 0 Å². The monoisotopic (exact) mass is 297 g/mol. The van der Waals surface area contributed by atoms with E-state index in [-0.39, 0.29) is 18.2 Å². The summed E-state index contributed by atoms with van der Waals surface area (Å²) >= 11 is 0. The number of fused-ring (bicyclic) bond motifs is 2. The molecule has 0 aromatic carbocycles. The van der Waals surface area contributed by atoms with E-state index in [1.807, 2.05) is 0 Å². The number of rotatable bonds is 5. The fourth-order valence-electron chi connectivity index (χ4n) is 4.69. The maximum Gasteiger partial charge on any atom is 0.0682 e. The van der Waals surface area contributed by atoms with Gasteiger partial charge in [0.2, 0.25) is 0 Å². The lowest BCUT2D eigenvalue weighted by Crippen LogP contribution is -2.78. The first-order valence-corrected chi connectivity index (χ1v) is 8.53. The Morgan fingerprint density at radius 2 is 1.86 bits per heavy atom. The summed E-state index contributed by atoms with van der Waals surface area (Å²) in [5.41, 5.74) is 0.255. The first kappa shape index (κ1) is 15.7. The van der Waals surface area contributed by atoms with Crippen LogP contribution in [0.5, 0.6) is 0 Å². The maximum absolute atomic E-state index is 10.1. The molecule has 0 aliphatic carbocycles. The Labute approximate surface area is 128 Å². The van der Waals surface area contributed by atoms with Crippen LogP contribution in [0.1, 0.15) is 26.7 Å². The molecule has 0 saturated carbocycles. The van der Waals surface area contributed by atoms with Crippen molar-refractivity contribution in [1.82, 2.24) is 14.7 Å². The summed E-state index contributed by atoms with van der Waals surface area (Å²) in [4.78, 5) is 7.67. The maximum atomic E-state index is 10.1. The second-order valence-corrected chi connectivity index (χ2v) is 7.80. The molecule has 3 aliphatic rings. The number of aliphatic hydroxyl groups excluding tert-OH is 2. The lowest BCUT2D eigenvalue weighted by atomic mass is 9.83. The third-order valence-corrected chi connectivity index (χ3v) is 5.28. The van der Waals surface area contributed by atoms with Crippen LogP contribution in [0.25, 0.3) is 0 Å². The summed E-state index contributed by atoms with van der Waals surface area (Å²) in [6.07, 6.45) is 1.67. The minimum absolute atomic E-state index is 0.141. The number of likely N-dealkylation sites (tertiary alicyclic amines) is 1. The SMILES string of the molecule is CC(C)CN1C[C@H]2C[C@@H](O)CN2C2(C1)CN(CCCO)C2. The Morgan fingerprint density at radius 3 is 2.52 bits per heavy atom. The largest absolute Gasteiger partial charge is 0.396 e. The van der Waals surface area contributed by atoms with Gasteiger partial charge in [0, 0.05) is 58.5 Å². The van der Waals surface area contributed by atoms with E-state index in [1.165, 1.54) is 6.54 Å². The predicted molar refractivity (Wildman–Crippen MR) is 83.3 cm³/mol. The molecule has 3 saturated heterocycles. The Balaban J connectivity index is 1.65. The summed E-state index contributed by atoms with van der Waals surface area (Å²) in [6, 6.07) is 0.535. The summed E-state index contributed by atoms with van der Waals surface area (Å²) in [6.45, 7) is 12.4. The van der Waals surface area contributed by atoms with E-state index in [2.05, 4.69) is 28.5 Å². The molecule has 3 rings (SSSR count). The Hall–Kier alpha value is -0.200. The molecule has 2 N–H and O–H groups in total. The minimum atomic E-state index is -0.141. The van der Waals surface area contributed by atoms with Crippen molar-refractivity contribution in [2.45, 2.75) is 44.4 Å². The quantitative estimate of drug-likeness (QED) is 0.738. The summed E-state index contributed by atoms with van der Waals surface area (Å²) in [5, 5.41) is 19.1. The Kier molecular flexibility index (Phi) is 4.58. The van der Waals surface area contributed by atoms with E-state index in [0.29, 0.717) is 12.0 Å². The molecule has 5 heteroatoms. The Morgan fingerprint density at radius 1 is 1.14 bits per heavy atom. The van der Waals surface area contributed by atoms with Crippen LogP contribution in [0.3, 0.4) is 0 Å². The zero-order valence-corrected chi connectivity index (χ0v) is 13.5. The summed E-state index contributed by atoms with van der Waals surface area (Å²) < 4.78 is 0. The summed E-state index contributed by atoms with van der Waals surface area (Å²) in [7, 11) is 0. The average Bonchev–Trinajstić information content (AvgIpc) is 2.73. The van der Waals surface area contributed by atoms with Crippen LogP contribution in [0.2, 0.25) is 0 Å². The average molecular weight is 297 g/mol. The highest BCUT2D eigenvalue weighted by molar-refractivity contribution is 5.13. The highest BCUT2D eigenvalue weighted by Gasteiger charge is 2.55. The molecule has 3 fully saturated rings. The number of nitrogens with zero attached hydrogens (tertiary/aromatic N) is 3. The first-order valence-electron chi connectivity index (χ1n) is 8.53. The standard InChI is InChI=1S/C16H31N3O2/c1-13(2)7-18-8-14-6-15(21)9-19(14)16(12-18)10-17(11-16)4-3-5-20/h13-15,20-21H,3-12H2,1-2H3/t14-,15-/m1/s1. The lowest BCUT2D eigenvalue weighted by molar-refractivity contribution is -0.115. The third-order valence-electron chi connectivity index (χ3n) is 5.28. The molecule has 2 atom stereocenters. The van der Waals surface area contributed by atoms with Crippen molar-refractivity contribution in [2.75, 3.05) is 52.4 Å². The van der Waals surface area contributed by atoms with Crippen molar-refractivity contribution in [3.8, 4) is 0 Å². The molecule has 0 radical (unpaired) electrons. The molecule has 0 aromatic rings. The van der Waals surface area contributed by atoms with Crippen molar-refractivity contribution in [2.24, 2.45) is 5.92 Å². The van der Waals surface area contributed by atoms with Gasteiger partial charge in [0.25, 0.3) is 0 Å². The number of piperazine rings is 1. The van der Waals surface area contributed by atoms with Crippen LogP contribution in [-0.4, -0.2) is 95.0 Å². The van der Waals surface area contributed by atoms with Gasteiger partial charge < -0.3 is 10.2 Å². The van der Waals surface area contributed by atoms with Crippen LogP contribution >= 0.6 is 0 Å². The van der Waals surface area contributed by atoms with E-state index in [1.54, 1.807) is 0 Å². The topological polar surface area (TPSA) is 50.2 Å². The highest BCUT2D eigenvalue weighted by atomic mass is 16.3. The second-order valence-electron chi connectivity index (χ2n) is 7.80. The van der Waals surface area contributed by atoms with Gasteiger partial charge in [-0.05, 0) is 18.8 Å². The van der Waals surface area contributed by atoms with Crippen LogP contribution in [0.15, 0.2) is 0 Å². The van der Waals surface area contributed by atoms with Crippen LogP contribution < -0.4 is 0 Å². The van der Waals surface area contributed by atoms with E-state index in [9.17, 15) is 5.11 Å². The third kappa shape index (κ3) is 3.13. The molecule has 122 valence electrons. The highest BCUT2D eigenvalue weighted by Crippen LogP contribution is 2.38. The van der Waals surface area contributed by atoms with Crippen molar-refractivity contribution in [1.29, 1.82) is 0 Å². The fraction of sp³-hybridized carbons (Fsp3) is 1.00. The van der Waals surface area contributed by atoms with Gasteiger partial charge in [0.15, 0.2) is 0 Å². The summed E-state index contributed by atoms with van der Waals surface area (Å²) in [5.74, 6) is 0.700. The van der Waals surface area contributed by atoms with Gasteiger partial charge in [-0.3, -0.25) is 14.7 Å². The number of β-amino-alcohol motifs (C(OH)–C–C–N with tert-alkyl or cyclic N) is 1. The predicted octanol–water partition coefficient (Wildman–Crippen LogP) is -0.170. The van der Waals surface area contributed by atoms with Gasteiger partial charge in [0.1, 0.15) is 0 Å². The van der Waals surface area contributed by atoms with Gasteiger partial charge in [0.05, 0.1) is 11.6 Å². The minimum Gasteiger partial charge on any atom is -0.396 e. The fourth-order valence-corrected chi connectivity index (χ4v) is 4.69. The molecular formula is C16H31N3O2.